The Bertz CT molecular complexity index is 381. The van der Waals surface area contributed by atoms with Crippen molar-refractivity contribution in [3.63, 3.8) is 0 Å². The zero-order chi connectivity index (χ0) is 13.8. The first-order chi connectivity index (χ1) is 9.11. The first-order valence-corrected chi connectivity index (χ1v) is 7.68. The molecule has 0 aliphatic heterocycles. The number of aryl methyl sites for hydroxylation is 1. The predicted octanol–water partition coefficient (Wildman–Crippen LogP) is 3.51. The maximum Gasteiger partial charge on any atom is 0.0450 e. The number of rotatable bonds is 6. The molecule has 106 valence electrons. The zero-order valence-corrected chi connectivity index (χ0v) is 12.6. The summed E-state index contributed by atoms with van der Waals surface area (Å²) in [5.74, 6) is 0.910. The number of nitrogens with zero attached hydrogens (tertiary/aromatic N) is 1. The van der Waals surface area contributed by atoms with Crippen LogP contribution in [0.5, 0.6) is 0 Å². The number of hydrogen-bond donors (Lipinski definition) is 1. The van der Waals surface area contributed by atoms with Gasteiger partial charge in [-0.25, -0.2) is 0 Å². The second-order valence-electron chi connectivity index (χ2n) is 6.06. The lowest BCUT2D eigenvalue weighted by Crippen LogP contribution is -2.44. The van der Waals surface area contributed by atoms with E-state index in [0.29, 0.717) is 6.04 Å². The summed E-state index contributed by atoms with van der Waals surface area (Å²) in [7, 11) is 0. The summed E-state index contributed by atoms with van der Waals surface area (Å²) < 4.78 is 0. The average molecular weight is 260 g/mol. The lowest BCUT2D eigenvalue weighted by atomic mass is 9.84. The Morgan fingerprint density at radius 3 is 2.37 bits per heavy atom. The molecule has 1 aromatic rings. The molecule has 0 saturated heterocycles. The van der Waals surface area contributed by atoms with Gasteiger partial charge in [-0.05, 0) is 44.7 Å². The third-order valence-electron chi connectivity index (χ3n) is 4.68. The van der Waals surface area contributed by atoms with E-state index in [4.69, 9.17) is 5.73 Å². The fraction of sp³-hybridized carbons (Fsp3) is 0.647. The standard InChI is InChI=1S/C17H28N2/c1-4-19(12-15-6-5-7-15)14(3)17(18)16-10-8-13(2)9-11-16/h8-11,14-15,17H,4-7,12,18H2,1-3H3. The van der Waals surface area contributed by atoms with Crippen LogP contribution in [-0.2, 0) is 0 Å². The molecule has 1 fully saturated rings. The van der Waals surface area contributed by atoms with Crippen molar-refractivity contribution in [2.24, 2.45) is 11.7 Å². The molecule has 2 N–H and O–H groups in total. The van der Waals surface area contributed by atoms with Crippen molar-refractivity contribution < 1.29 is 0 Å². The van der Waals surface area contributed by atoms with E-state index in [1.54, 1.807) is 0 Å². The van der Waals surface area contributed by atoms with Crippen LogP contribution in [-0.4, -0.2) is 24.0 Å². The van der Waals surface area contributed by atoms with E-state index in [0.717, 1.165) is 12.5 Å². The van der Waals surface area contributed by atoms with Gasteiger partial charge < -0.3 is 5.73 Å². The van der Waals surface area contributed by atoms with Crippen LogP contribution in [0.25, 0.3) is 0 Å². The van der Waals surface area contributed by atoms with Crippen LogP contribution in [0.4, 0.5) is 0 Å². The van der Waals surface area contributed by atoms with Crippen LogP contribution >= 0.6 is 0 Å². The Hall–Kier alpha value is -0.860. The van der Waals surface area contributed by atoms with Crippen LogP contribution in [0.2, 0.25) is 0 Å². The highest BCUT2D eigenvalue weighted by Crippen LogP contribution is 2.29. The minimum Gasteiger partial charge on any atom is -0.323 e. The Morgan fingerprint density at radius 1 is 1.26 bits per heavy atom. The molecule has 2 atom stereocenters. The Morgan fingerprint density at radius 2 is 1.89 bits per heavy atom. The van der Waals surface area contributed by atoms with E-state index in [2.05, 4.69) is 49.9 Å². The fourth-order valence-electron chi connectivity index (χ4n) is 2.88. The van der Waals surface area contributed by atoms with Gasteiger partial charge in [0.05, 0.1) is 0 Å². The normalized spacial score (nSPS) is 19.2. The molecule has 0 bridgehead atoms. The van der Waals surface area contributed by atoms with Gasteiger partial charge in [0.1, 0.15) is 0 Å². The molecule has 0 amide bonds. The Labute approximate surface area is 118 Å². The summed E-state index contributed by atoms with van der Waals surface area (Å²) in [5.41, 5.74) is 9.01. The molecular weight excluding hydrogens is 232 g/mol. The number of nitrogens with two attached hydrogens (primary N) is 1. The molecule has 2 heteroatoms. The quantitative estimate of drug-likeness (QED) is 0.848. The molecule has 0 aromatic heterocycles. The highest BCUT2D eigenvalue weighted by atomic mass is 15.2. The van der Waals surface area contributed by atoms with E-state index < -0.39 is 0 Å². The van der Waals surface area contributed by atoms with Gasteiger partial charge in [-0.15, -0.1) is 0 Å². The molecule has 0 heterocycles. The fourth-order valence-corrected chi connectivity index (χ4v) is 2.88. The lowest BCUT2D eigenvalue weighted by Gasteiger charge is -2.37. The van der Waals surface area contributed by atoms with Gasteiger partial charge in [-0.2, -0.15) is 0 Å². The van der Waals surface area contributed by atoms with E-state index in [1.165, 1.54) is 36.9 Å². The molecular formula is C17H28N2. The molecule has 19 heavy (non-hydrogen) atoms. The third kappa shape index (κ3) is 3.58. The molecule has 0 radical (unpaired) electrons. The predicted molar refractivity (Wildman–Crippen MR) is 82.2 cm³/mol. The van der Waals surface area contributed by atoms with Crippen LogP contribution in [0.15, 0.2) is 24.3 Å². The highest BCUT2D eigenvalue weighted by Gasteiger charge is 2.26. The van der Waals surface area contributed by atoms with Gasteiger partial charge in [-0.1, -0.05) is 43.2 Å². The summed E-state index contributed by atoms with van der Waals surface area (Å²) in [4.78, 5) is 2.55. The molecule has 2 unspecified atom stereocenters. The van der Waals surface area contributed by atoms with Gasteiger partial charge in [0.2, 0.25) is 0 Å². The number of benzene rings is 1. The van der Waals surface area contributed by atoms with Gasteiger partial charge in [0.15, 0.2) is 0 Å². The first-order valence-electron chi connectivity index (χ1n) is 7.68. The van der Waals surface area contributed by atoms with Crippen LogP contribution in [0, 0.1) is 12.8 Å². The molecule has 1 aromatic carbocycles. The van der Waals surface area contributed by atoms with Crippen LogP contribution in [0.3, 0.4) is 0 Å². The third-order valence-corrected chi connectivity index (χ3v) is 4.68. The van der Waals surface area contributed by atoms with Crippen molar-refractivity contribution in [2.45, 2.75) is 52.1 Å². The van der Waals surface area contributed by atoms with Gasteiger partial charge in [0.25, 0.3) is 0 Å². The van der Waals surface area contributed by atoms with Crippen molar-refractivity contribution in [2.75, 3.05) is 13.1 Å². The Balaban J connectivity index is 1.98. The summed E-state index contributed by atoms with van der Waals surface area (Å²) in [5, 5.41) is 0. The lowest BCUT2D eigenvalue weighted by molar-refractivity contribution is 0.131. The second-order valence-corrected chi connectivity index (χ2v) is 6.06. The number of likely N-dealkylation sites (N-methyl/N-ethyl adjacent to an activating group) is 1. The minimum atomic E-state index is 0.112. The van der Waals surface area contributed by atoms with Crippen molar-refractivity contribution in [3.8, 4) is 0 Å². The zero-order valence-electron chi connectivity index (χ0n) is 12.6. The highest BCUT2D eigenvalue weighted by molar-refractivity contribution is 5.24. The van der Waals surface area contributed by atoms with Crippen molar-refractivity contribution in [3.05, 3.63) is 35.4 Å². The minimum absolute atomic E-state index is 0.112. The van der Waals surface area contributed by atoms with Gasteiger partial charge in [-0.3, -0.25) is 4.90 Å². The van der Waals surface area contributed by atoms with Crippen molar-refractivity contribution >= 4 is 0 Å². The summed E-state index contributed by atoms with van der Waals surface area (Å²) in [6, 6.07) is 9.18. The number of hydrogen-bond acceptors (Lipinski definition) is 2. The van der Waals surface area contributed by atoms with Crippen molar-refractivity contribution in [1.82, 2.24) is 4.90 Å². The first kappa shape index (κ1) is 14.5. The molecule has 1 saturated carbocycles. The maximum absolute atomic E-state index is 6.46. The molecule has 2 rings (SSSR count). The molecule has 1 aliphatic carbocycles. The SMILES string of the molecule is CCN(CC1CCC1)C(C)C(N)c1ccc(C)cc1. The van der Waals surface area contributed by atoms with Gasteiger partial charge >= 0.3 is 0 Å². The van der Waals surface area contributed by atoms with Crippen LogP contribution in [0.1, 0.15) is 50.3 Å². The topological polar surface area (TPSA) is 29.3 Å². The maximum atomic E-state index is 6.46. The van der Waals surface area contributed by atoms with E-state index in [-0.39, 0.29) is 6.04 Å². The van der Waals surface area contributed by atoms with E-state index in [9.17, 15) is 0 Å². The Kier molecular flexibility index (Phi) is 5.00. The average Bonchev–Trinajstić information content (AvgIpc) is 2.37. The summed E-state index contributed by atoms with van der Waals surface area (Å²) in [6.07, 6.45) is 4.23. The van der Waals surface area contributed by atoms with Gasteiger partial charge in [0, 0.05) is 18.6 Å². The largest absolute Gasteiger partial charge is 0.323 e. The van der Waals surface area contributed by atoms with Crippen molar-refractivity contribution in [1.29, 1.82) is 0 Å². The van der Waals surface area contributed by atoms with E-state index >= 15 is 0 Å². The molecule has 1 aliphatic rings. The van der Waals surface area contributed by atoms with E-state index in [1.807, 2.05) is 0 Å². The second kappa shape index (κ2) is 6.53. The molecule has 0 spiro atoms. The summed E-state index contributed by atoms with van der Waals surface area (Å²) >= 11 is 0. The monoisotopic (exact) mass is 260 g/mol. The molecule has 2 nitrogen and oxygen atoms in total. The summed E-state index contributed by atoms with van der Waals surface area (Å²) in [6.45, 7) is 8.95. The van der Waals surface area contributed by atoms with Crippen LogP contribution < -0.4 is 5.73 Å². The smallest absolute Gasteiger partial charge is 0.0450 e.